The summed E-state index contributed by atoms with van der Waals surface area (Å²) in [7, 11) is -2.44. The number of anilines is 1. The molecule has 2 aromatic carbocycles. The first-order valence-corrected chi connectivity index (χ1v) is 15.9. The third-order valence-electron chi connectivity index (χ3n) is 6.82. The molecule has 0 radical (unpaired) electrons. The molecule has 1 aliphatic heterocycles. The molecule has 12 heteroatoms. The van der Waals surface area contributed by atoms with Gasteiger partial charge in [-0.2, -0.15) is 10.6 Å². The summed E-state index contributed by atoms with van der Waals surface area (Å²) in [6.07, 6.45) is 1.74. The first-order chi connectivity index (χ1) is 19.9. The average Bonchev–Trinajstić information content (AvgIpc) is 3.43. The monoisotopic (exact) mass is 623 g/mol. The van der Waals surface area contributed by atoms with E-state index in [-0.39, 0.29) is 24.0 Å². The number of hydrogen-bond donors (Lipinski definition) is 3. The summed E-state index contributed by atoms with van der Waals surface area (Å²) >= 11 is 1.47. The maximum absolute atomic E-state index is 13.6. The van der Waals surface area contributed by atoms with Gasteiger partial charge in [-0.1, -0.05) is 53.8 Å². The topological polar surface area (TPSA) is 121 Å². The number of nitrogens with zero attached hydrogens (tertiary/aromatic N) is 4. The highest BCUT2D eigenvalue weighted by Crippen LogP contribution is 2.40. The standard InChI is InChI=1S/C30H29N5O4S2.ClH/c36-28(33-24-10-5-4-9-23(24)29-34-25-11-6-12-31-30(25)40-29)27-20-22(19-26(32-27)21-7-2-1-3-8-21)39-16-13-35-14-17-41(37,38)18-15-35;/h1-12,19-20,37-38H,13-18H2,(H,33,36);1H. The Morgan fingerprint density at radius 1 is 0.976 bits per heavy atom. The first-order valence-electron chi connectivity index (χ1n) is 13.2. The van der Waals surface area contributed by atoms with E-state index in [2.05, 4.69) is 20.2 Å². The van der Waals surface area contributed by atoms with Crippen molar-refractivity contribution in [2.24, 2.45) is 0 Å². The lowest BCUT2D eigenvalue weighted by molar-refractivity contribution is 0.102. The Balaban J connectivity index is 0.00000353. The van der Waals surface area contributed by atoms with Crippen molar-refractivity contribution in [2.45, 2.75) is 0 Å². The number of ether oxygens (including phenoxy) is 1. The van der Waals surface area contributed by atoms with E-state index in [1.807, 2.05) is 72.8 Å². The molecule has 1 saturated heterocycles. The number of halogens is 1. The molecule has 0 aliphatic carbocycles. The Labute approximate surface area is 255 Å². The highest BCUT2D eigenvalue weighted by Gasteiger charge is 2.22. The molecule has 0 unspecified atom stereocenters. The Bertz CT molecular complexity index is 1640. The molecule has 9 nitrogen and oxygen atoms in total. The fraction of sp³-hybridized carbons (Fsp3) is 0.200. The number of rotatable bonds is 8. The molecular formula is C30H30ClN5O4S2. The van der Waals surface area contributed by atoms with Gasteiger partial charge in [-0.25, -0.2) is 15.0 Å². The van der Waals surface area contributed by atoms with Crippen molar-refractivity contribution in [1.29, 1.82) is 0 Å². The quantitative estimate of drug-likeness (QED) is 0.178. The second-order valence-electron chi connectivity index (χ2n) is 9.69. The van der Waals surface area contributed by atoms with Crippen molar-refractivity contribution in [3.63, 3.8) is 0 Å². The molecule has 6 rings (SSSR count). The highest BCUT2D eigenvalue weighted by atomic mass is 35.5. The lowest BCUT2D eigenvalue weighted by atomic mass is 10.1. The minimum Gasteiger partial charge on any atom is -0.492 e. The molecule has 3 aromatic heterocycles. The van der Waals surface area contributed by atoms with E-state index in [1.54, 1.807) is 12.3 Å². The highest BCUT2D eigenvalue weighted by molar-refractivity contribution is 8.24. The second kappa shape index (κ2) is 13.2. The minimum atomic E-state index is -2.44. The number of para-hydroxylation sites is 1. The van der Waals surface area contributed by atoms with Gasteiger partial charge in [-0.15, -0.1) is 12.4 Å². The van der Waals surface area contributed by atoms with Gasteiger partial charge >= 0.3 is 0 Å². The van der Waals surface area contributed by atoms with Crippen LogP contribution in [0.25, 0.3) is 32.2 Å². The van der Waals surface area contributed by atoms with Gasteiger partial charge in [0.25, 0.3) is 5.91 Å². The van der Waals surface area contributed by atoms with Crippen molar-refractivity contribution < 1.29 is 18.6 Å². The molecule has 5 aromatic rings. The molecular weight excluding hydrogens is 594 g/mol. The second-order valence-corrected chi connectivity index (χ2v) is 13.1. The van der Waals surface area contributed by atoms with E-state index >= 15 is 0 Å². The Kier molecular flexibility index (Phi) is 9.37. The van der Waals surface area contributed by atoms with Crippen LogP contribution >= 0.6 is 34.3 Å². The van der Waals surface area contributed by atoms with E-state index in [1.165, 1.54) is 11.3 Å². The molecule has 0 atom stereocenters. The lowest BCUT2D eigenvalue weighted by Crippen LogP contribution is -2.40. The van der Waals surface area contributed by atoms with Crippen molar-refractivity contribution in [2.75, 3.05) is 43.1 Å². The smallest absolute Gasteiger partial charge is 0.274 e. The molecule has 218 valence electrons. The van der Waals surface area contributed by atoms with Crippen LogP contribution in [-0.4, -0.2) is 72.6 Å². The van der Waals surface area contributed by atoms with Gasteiger partial charge in [0.2, 0.25) is 0 Å². The van der Waals surface area contributed by atoms with E-state index in [0.717, 1.165) is 26.5 Å². The number of aromatic nitrogens is 3. The van der Waals surface area contributed by atoms with Crippen molar-refractivity contribution >= 4 is 56.3 Å². The van der Waals surface area contributed by atoms with Gasteiger partial charge in [0.1, 0.15) is 33.4 Å². The van der Waals surface area contributed by atoms with E-state index < -0.39 is 10.6 Å². The number of pyridine rings is 2. The van der Waals surface area contributed by atoms with E-state index in [9.17, 15) is 13.9 Å². The minimum absolute atomic E-state index is 0. The Hall–Kier alpha value is -3.58. The molecule has 1 amide bonds. The molecule has 4 heterocycles. The number of carbonyl (C=O) groups is 1. The number of amides is 1. The third-order valence-corrected chi connectivity index (χ3v) is 9.50. The predicted molar refractivity (Wildman–Crippen MR) is 172 cm³/mol. The fourth-order valence-electron chi connectivity index (χ4n) is 4.59. The van der Waals surface area contributed by atoms with Crippen LogP contribution in [0.5, 0.6) is 5.75 Å². The largest absolute Gasteiger partial charge is 0.492 e. The third kappa shape index (κ3) is 7.06. The lowest BCUT2D eigenvalue weighted by Gasteiger charge is -2.40. The van der Waals surface area contributed by atoms with Gasteiger partial charge in [0, 0.05) is 49.1 Å². The summed E-state index contributed by atoms with van der Waals surface area (Å²) in [5, 5.41) is 3.79. The zero-order valence-electron chi connectivity index (χ0n) is 22.6. The zero-order chi connectivity index (χ0) is 28.2. The molecule has 3 N–H and O–H groups in total. The number of fused-ring (bicyclic) bond motifs is 1. The van der Waals surface area contributed by atoms with Crippen LogP contribution < -0.4 is 10.1 Å². The summed E-state index contributed by atoms with van der Waals surface area (Å²) in [5.41, 5.74) is 3.97. The molecule has 1 fully saturated rings. The van der Waals surface area contributed by atoms with Crippen molar-refractivity contribution in [1.82, 2.24) is 19.9 Å². The SMILES string of the molecule is Cl.O=C(Nc1ccccc1-c1nc2cccnc2s1)c1cc(OCCN2CCS(O)(O)CC2)cc(-c2ccccc2)n1. The average molecular weight is 624 g/mol. The fourth-order valence-corrected chi connectivity index (χ4v) is 6.84. The summed E-state index contributed by atoms with van der Waals surface area (Å²) in [6.45, 7) is 2.28. The molecule has 1 aliphatic rings. The summed E-state index contributed by atoms with van der Waals surface area (Å²) in [5.74, 6) is 0.954. The predicted octanol–water partition coefficient (Wildman–Crippen LogP) is 6.54. The number of carbonyl (C=O) groups excluding carboxylic acids is 1. The number of thiazole rings is 1. The molecule has 0 saturated carbocycles. The van der Waals surface area contributed by atoms with E-state index in [0.29, 0.717) is 54.9 Å². The molecule has 0 spiro atoms. The molecule has 0 bridgehead atoms. The van der Waals surface area contributed by atoms with Gasteiger partial charge in [0.05, 0.1) is 22.9 Å². The number of nitrogens with one attached hydrogen (secondary N) is 1. The van der Waals surface area contributed by atoms with Crippen LogP contribution in [0.3, 0.4) is 0 Å². The van der Waals surface area contributed by atoms with Gasteiger partial charge in [-0.05, 0) is 24.3 Å². The van der Waals surface area contributed by atoms with Crippen LogP contribution in [0.15, 0.2) is 85.1 Å². The van der Waals surface area contributed by atoms with Crippen molar-refractivity contribution in [3.8, 4) is 27.6 Å². The van der Waals surface area contributed by atoms with Crippen LogP contribution in [-0.2, 0) is 0 Å². The molecule has 42 heavy (non-hydrogen) atoms. The maximum Gasteiger partial charge on any atom is 0.274 e. The summed E-state index contributed by atoms with van der Waals surface area (Å²) in [4.78, 5) is 30.3. The van der Waals surface area contributed by atoms with Gasteiger partial charge in [-0.3, -0.25) is 18.8 Å². The van der Waals surface area contributed by atoms with Crippen LogP contribution in [0, 0.1) is 0 Å². The Morgan fingerprint density at radius 2 is 1.74 bits per heavy atom. The van der Waals surface area contributed by atoms with Gasteiger partial charge < -0.3 is 10.1 Å². The first kappa shape index (κ1) is 29.9. The summed E-state index contributed by atoms with van der Waals surface area (Å²) < 4.78 is 25.8. The summed E-state index contributed by atoms with van der Waals surface area (Å²) in [6, 6.07) is 24.5. The maximum atomic E-state index is 13.6. The number of hydrogen-bond acceptors (Lipinski definition) is 9. The van der Waals surface area contributed by atoms with Crippen LogP contribution in [0.4, 0.5) is 5.69 Å². The normalized spacial score (nSPS) is 15.5. The van der Waals surface area contributed by atoms with E-state index in [4.69, 9.17) is 9.72 Å². The van der Waals surface area contributed by atoms with Crippen molar-refractivity contribution in [3.05, 3.63) is 90.8 Å². The van der Waals surface area contributed by atoms with Crippen LogP contribution in [0.2, 0.25) is 0 Å². The van der Waals surface area contributed by atoms with Crippen LogP contribution in [0.1, 0.15) is 10.5 Å². The number of benzene rings is 2. The van der Waals surface area contributed by atoms with Gasteiger partial charge in [0.15, 0.2) is 0 Å². The Morgan fingerprint density at radius 3 is 2.52 bits per heavy atom. The zero-order valence-corrected chi connectivity index (χ0v) is 25.0.